The molecule has 0 bridgehead atoms. The second kappa shape index (κ2) is 8.73. The SMILES string of the molecule is COc1cc(CCC(=O)O)ccc1Oc1ccccc1CCC(=O)O. The molecule has 2 aromatic carbocycles. The monoisotopic (exact) mass is 344 g/mol. The molecular formula is C19H20O6. The molecule has 2 N–H and O–H groups in total. The maximum atomic E-state index is 10.8. The highest BCUT2D eigenvalue weighted by Crippen LogP contribution is 2.34. The second-order valence-corrected chi connectivity index (χ2v) is 5.48. The molecule has 0 heterocycles. The fourth-order valence-electron chi connectivity index (χ4n) is 2.37. The molecule has 0 radical (unpaired) electrons. The molecule has 2 aromatic rings. The lowest BCUT2D eigenvalue weighted by atomic mass is 10.1. The van der Waals surface area contributed by atoms with Crippen molar-refractivity contribution in [3.05, 3.63) is 53.6 Å². The molecule has 0 aromatic heterocycles. The Hall–Kier alpha value is -3.02. The van der Waals surface area contributed by atoms with Crippen molar-refractivity contribution in [3.8, 4) is 17.2 Å². The molecule has 0 aliphatic heterocycles. The topological polar surface area (TPSA) is 93.1 Å². The first-order valence-electron chi connectivity index (χ1n) is 7.86. The number of carboxylic acids is 2. The second-order valence-electron chi connectivity index (χ2n) is 5.48. The van der Waals surface area contributed by atoms with Crippen molar-refractivity contribution in [1.29, 1.82) is 0 Å². The van der Waals surface area contributed by atoms with Crippen LogP contribution in [0.4, 0.5) is 0 Å². The van der Waals surface area contributed by atoms with E-state index < -0.39 is 11.9 Å². The number of benzene rings is 2. The Labute approximate surface area is 145 Å². The molecule has 0 atom stereocenters. The summed E-state index contributed by atoms with van der Waals surface area (Å²) in [5, 5.41) is 17.6. The van der Waals surface area contributed by atoms with Gasteiger partial charge in [0, 0.05) is 12.8 Å². The van der Waals surface area contributed by atoms with E-state index >= 15 is 0 Å². The van der Waals surface area contributed by atoms with E-state index in [4.69, 9.17) is 19.7 Å². The molecule has 0 saturated carbocycles. The number of aryl methyl sites for hydroxylation is 2. The minimum Gasteiger partial charge on any atom is -0.493 e. The van der Waals surface area contributed by atoms with Gasteiger partial charge in [-0.3, -0.25) is 9.59 Å². The third-order valence-electron chi connectivity index (χ3n) is 3.66. The van der Waals surface area contributed by atoms with Gasteiger partial charge in [0.05, 0.1) is 7.11 Å². The first-order chi connectivity index (χ1) is 12.0. The van der Waals surface area contributed by atoms with Crippen LogP contribution in [-0.2, 0) is 22.4 Å². The molecule has 0 spiro atoms. The molecule has 6 heteroatoms. The largest absolute Gasteiger partial charge is 0.493 e. The lowest BCUT2D eigenvalue weighted by Crippen LogP contribution is -2.00. The van der Waals surface area contributed by atoms with Crippen molar-refractivity contribution >= 4 is 11.9 Å². The fourth-order valence-corrected chi connectivity index (χ4v) is 2.37. The van der Waals surface area contributed by atoms with Crippen molar-refractivity contribution < 1.29 is 29.3 Å². The number of methoxy groups -OCH3 is 1. The third kappa shape index (κ3) is 5.53. The molecule has 6 nitrogen and oxygen atoms in total. The van der Waals surface area contributed by atoms with Gasteiger partial charge in [0.25, 0.3) is 0 Å². The highest BCUT2D eigenvalue weighted by molar-refractivity contribution is 5.67. The van der Waals surface area contributed by atoms with Gasteiger partial charge in [-0.1, -0.05) is 24.3 Å². The summed E-state index contributed by atoms with van der Waals surface area (Å²) in [6.45, 7) is 0. The van der Waals surface area contributed by atoms with Crippen molar-refractivity contribution in [2.45, 2.75) is 25.7 Å². The molecule has 132 valence electrons. The van der Waals surface area contributed by atoms with E-state index in [-0.39, 0.29) is 12.8 Å². The van der Waals surface area contributed by atoms with E-state index in [1.165, 1.54) is 7.11 Å². The van der Waals surface area contributed by atoms with Crippen molar-refractivity contribution in [3.63, 3.8) is 0 Å². The lowest BCUT2D eigenvalue weighted by Gasteiger charge is -2.14. The van der Waals surface area contributed by atoms with Crippen LogP contribution < -0.4 is 9.47 Å². The summed E-state index contributed by atoms with van der Waals surface area (Å²) < 4.78 is 11.2. The van der Waals surface area contributed by atoms with Gasteiger partial charge in [-0.25, -0.2) is 0 Å². The summed E-state index contributed by atoms with van der Waals surface area (Å²) in [6.07, 6.45) is 0.832. The summed E-state index contributed by atoms with van der Waals surface area (Å²) in [7, 11) is 1.51. The highest BCUT2D eigenvalue weighted by atomic mass is 16.5. The molecule has 25 heavy (non-hydrogen) atoms. The van der Waals surface area contributed by atoms with Crippen LogP contribution in [0.25, 0.3) is 0 Å². The van der Waals surface area contributed by atoms with Crippen LogP contribution in [0.3, 0.4) is 0 Å². The van der Waals surface area contributed by atoms with E-state index in [0.717, 1.165) is 11.1 Å². The molecule has 0 saturated heterocycles. The van der Waals surface area contributed by atoms with Crippen LogP contribution in [0.5, 0.6) is 17.2 Å². The van der Waals surface area contributed by atoms with E-state index in [9.17, 15) is 9.59 Å². The van der Waals surface area contributed by atoms with Gasteiger partial charge in [-0.2, -0.15) is 0 Å². The minimum absolute atomic E-state index is 0.0195. The number of hydrogen-bond acceptors (Lipinski definition) is 4. The maximum Gasteiger partial charge on any atom is 0.303 e. The van der Waals surface area contributed by atoms with Gasteiger partial charge < -0.3 is 19.7 Å². The standard InChI is InChI=1S/C19H20O6/c1-24-17-12-13(7-10-18(20)21)6-9-16(17)25-15-5-3-2-4-14(15)8-11-19(22)23/h2-6,9,12H,7-8,10-11H2,1H3,(H,20,21)(H,22,23). The summed E-state index contributed by atoms with van der Waals surface area (Å²) in [4.78, 5) is 21.5. The average Bonchev–Trinajstić information content (AvgIpc) is 2.59. The Morgan fingerprint density at radius 2 is 1.56 bits per heavy atom. The van der Waals surface area contributed by atoms with Gasteiger partial charge in [0.15, 0.2) is 11.5 Å². The maximum absolute atomic E-state index is 10.8. The molecule has 0 fully saturated rings. The summed E-state index contributed by atoms with van der Waals surface area (Å²) in [5.41, 5.74) is 1.63. The Bertz CT molecular complexity index is 753. The van der Waals surface area contributed by atoms with E-state index in [0.29, 0.717) is 30.1 Å². The van der Waals surface area contributed by atoms with Crippen LogP contribution in [0.1, 0.15) is 24.0 Å². The first kappa shape index (κ1) is 18.3. The van der Waals surface area contributed by atoms with Crippen molar-refractivity contribution in [1.82, 2.24) is 0 Å². The van der Waals surface area contributed by atoms with Crippen molar-refractivity contribution in [2.75, 3.05) is 7.11 Å². The smallest absolute Gasteiger partial charge is 0.303 e. The zero-order chi connectivity index (χ0) is 18.2. The number of aliphatic carboxylic acids is 2. The molecule has 0 unspecified atom stereocenters. The van der Waals surface area contributed by atoms with Crippen LogP contribution in [-0.4, -0.2) is 29.3 Å². The highest BCUT2D eigenvalue weighted by Gasteiger charge is 2.11. The molecule has 2 rings (SSSR count). The molecule has 0 aliphatic carbocycles. The Morgan fingerprint density at radius 3 is 2.24 bits per heavy atom. The average molecular weight is 344 g/mol. The number of hydrogen-bond donors (Lipinski definition) is 2. The fraction of sp³-hybridized carbons (Fsp3) is 0.263. The Kier molecular flexibility index (Phi) is 6.39. The number of carbonyl (C=O) groups is 2. The van der Waals surface area contributed by atoms with Crippen LogP contribution in [0.2, 0.25) is 0 Å². The lowest BCUT2D eigenvalue weighted by molar-refractivity contribution is -0.138. The summed E-state index contributed by atoms with van der Waals surface area (Å²) in [6, 6.07) is 12.5. The van der Waals surface area contributed by atoms with Gasteiger partial charge in [-0.15, -0.1) is 0 Å². The van der Waals surface area contributed by atoms with E-state index in [1.807, 2.05) is 18.2 Å². The van der Waals surface area contributed by atoms with Crippen LogP contribution in [0.15, 0.2) is 42.5 Å². The normalized spacial score (nSPS) is 10.3. The predicted octanol–water partition coefficient (Wildman–Crippen LogP) is 3.52. The van der Waals surface area contributed by atoms with Gasteiger partial charge >= 0.3 is 11.9 Å². The van der Waals surface area contributed by atoms with Gasteiger partial charge in [0.2, 0.25) is 0 Å². The third-order valence-corrected chi connectivity index (χ3v) is 3.66. The zero-order valence-electron chi connectivity index (χ0n) is 13.9. The molecule has 0 aliphatic rings. The van der Waals surface area contributed by atoms with Crippen molar-refractivity contribution in [2.24, 2.45) is 0 Å². The number of ether oxygens (including phenoxy) is 2. The Morgan fingerprint density at radius 1 is 0.880 bits per heavy atom. The number of carboxylic acid groups (broad SMARTS) is 2. The number of para-hydroxylation sites is 1. The van der Waals surface area contributed by atoms with Gasteiger partial charge in [0.1, 0.15) is 5.75 Å². The first-order valence-corrected chi connectivity index (χ1v) is 7.86. The van der Waals surface area contributed by atoms with E-state index in [1.54, 1.807) is 24.3 Å². The predicted molar refractivity (Wildman–Crippen MR) is 91.4 cm³/mol. The molecule has 0 amide bonds. The van der Waals surface area contributed by atoms with E-state index in [2.05, 4.69) is 0 Å². The van der Waals surface area contributed by atoms with Gasteiger partial charge in [-0.05, 0) is 42.2 Å². The zero-order valence-corrected chi connectivity index (χ0v) is 13.9. The summed E-state index contributed by atoms with van der Waals surface area (Å²) in [5.74, 6) is -0.164. The Balaban J connectivity index is 2.19. The quantitative estimate of drug-likeness (QED) is 0.723. The summed E-state index contributed by atoms with van der Waals surface area (Å²) >= 11 is 0. The van der Waals surface area contributed by atoms with Crippen LogP contribution in [0, 0.1) is 0 Å². The number of rotatable bonds is 9. The minimum atomic E-state index is -0.866. The van der Waals surface area contributed by atoms with Crippen LogP contribution >= 0.6 is 0 Å². The molecular weight excluding hydrogens is 324 g/mol.